The fraction of sp³-hybridized carbons (Fsp3) is 0.167. The second-order valence-corrected chi connectivity index (χ2v) is 7.44. The van der Waals surface area contributed by atoms with Gasteiger partial charge in [-0.1, -0.05) is 30.3 Å². The highest BCUT2D eigenvalue weighted by atomic mass is 35.5. The van der Waals surface area contributed by atoms with Crippen LogP contribution in [0.15, 0.2) is 66.0 Å². The molecule has 3 rings (SSSR count). The van der Waals surface area contributed by atoms with E-state index in [1.54, 1.807) is 18.5 Å². The summed E-state index contributed by atoms with van der Waals surface area (Å²) in [5.74, 6) is 0. The molecule has 0 aliphatic carbocycles. The summed E-state index contributed by atoms with van der Waals surface area (Å²) in [5.41, 5.74) is 3.20. The van der Waals surface area contributed by atoms with Crippen molar-refractivity contribution in [1.29, 1.82) is 0 Å². The SMILES string of the molecule is CNCc1cc(-c2ccccc2)n(S(=O)(=O)c2cncc(C)c2)c1.Cl.Cl. The normalized spacial score (nSPS) is 10.7. The van der Waals surface area contributed by atoms with E-state index < -0.39 is 10.0 Å². The lowest BCUT2D eigenvalue weighted by molar-refractivity contribution is 0.587. The van der Waals surface area contributed by atoms with Crippen LogP contribution in [0.1, 0.15) is 11.1 Å². The lowest BCUT2D eigenvalue weighted by Gasteiger charge is -2.11. The average Bonchev–Trinajstić information content (AvgIpc) is 3.01. The molecule has 26 heavy (non-hydrogen) atoms. The van der Waals surface area contributed by atoms with Gasteiger partial charge in [0.05, 0.1) is 5.69 Å². The Morgan fingerprint density at radius 1 is 1.08 bits per heavy atom. The van der Waals surface area contributed by atoms with Crippen molar-refractivity contribution in [3.05, 3.63) is 72.2 Å². The van der Waals surface area contributed by atoms with Crippen LogP contribution in [0.5, 0.6) is 0 Å². The molecule has 0 unspecified atom stereocenters. The van der Waals surface area contributed by atoms with Crippen LogP contribution in [0, 0.1) is 6.92 Å². The maximum absolute atomic E-state index is 13.1. The van der Waals surface area contributed by atoms with E-state index >= 15 is 0 Å². The van der Waals surface area contributed by atoms with Crippen LogP contribution < -0.4 is 5.32 Å². The predicted molar refractivity (Wildman–Crippen MR) is 109 cm³/mol. The molecular formula is C18H21Cl2N3O2S. The third-order valence-electron chi connectivity index (χ3n) is 3.70. The molecule has 140 valence electrons. The first-order chi connectivity index (χ1) is 11.5. The number of benzene rings is 1. The third kappa shape index (κ3) is 4.45. The monoisotopic (exact) mass is 413 g/mol. The van der Waals surface area contributed by atoms with E-state index in [-0.39, 0.29) is 29.7 Å². The van der Waals surface area contributed by atoms with E-state index in [1.807, 2.05) is 50.4 Å². The van der Waals surface area contributed by atoms with E-state index in [9.17, 15) is 8.42 Å². The molecule has 0 atom stereocenters. The van der Waals surface area contributed by atoms with Gasteiger partial charge in [-0.05, 0) is 42.8 Å². The molecule has 1 aromatic carbocycles. The van der Waals surface area contributed by atoms with Gasteiger partial charge in [-0.3, -0.25) is 4.98 Å². The van der Waals surface area contributed by atoms with Crippen molar-refractivity contribution in [2.24, 2.45) is 0 Å². The van der Waals surface area contributed by atoms with Gasteiger partial charge in [-0.2, -0.15) is 0 Å². The van der Waals surface area contributed by atoms with Crippen LogP contribution in [0.25, 0.3) is 11.3 Å². The van der Waals surface area contributed by atoms with Gasteiger partial charge >= 0.3 is 0 Å². The molecule has 0 bridgehead atoms. The van der Waals surface area contributed by atoms with Crippen LogP contribution in [0.4, 0.5) is 0 Å². The fourth-order valence-electron chi connectivity index (χ4n) is 2.60. The Kier molecular flexibility index (Phi) is 7.84. The van der Waals surface area contributed by atoms with Gasteiger partial charge in [0.1, 0.15) is 4.90 Å². The van der Waals surface area contributed by atoms with Crippen LogP contribution in [-0.2, 0) is 16.6 Å². The number of hydrogen-bond acceptors (Lipinski definition) is 4. The Hall–Kier alpha value is -1.86. The molecule has 0 spiro atoms. The molecule has 1 N–H and O–H groups in total. The van der Waals surface area contributed by atoms with Gasteiger partial charge in [0.15, 0.2) is 0 Å². The number of pyridine rings is 1. The zero-order valence-corrected chi connectivity index (χ0v) is 16.9. The molecule has 5 nitrogen and oxygen atoms in total. The van der Waals surface area contributed by atoms with Crippen LogP contribution in [0.3, 0.4) is 0 Å². The fourth-order valence-corrected chi connectivity index (χ4v) is 4.04. The number of rotatable bonds is 5. The molecule has 8 heteroatoms. The number of nitrogens with zero attached hydrogens (tertiary/aromatic N) is 2. The summed E-state index contributed by atoms with van der Waals surface area (Å²) < 4.78 is 27.5. The zero-order valence-electron chi connectivity index (χ0n) is 14.4. The Labute approximate surface area is 166 Å². The molecule has 0 aliphatic rings. The van der Waals surface area contributed by atoms with Crippen molar-refractivity contribution in [1.82, 2.24) is 14.3 Å². The highest BCUT2D eigenvalue weighted by Crippen LogP contribution is 2.27. The first-order valence-electron chi connectivity index (χ1n) is 7.61. The summed E-state index contributed by atoms with van der Waals surface area (Å²) in [6.45, 7) is 2.42. The van der Waals surface area contributed by atoms with E-state index in [0.29, 0.717) is 12.2 Å². The summed E-state index contributed by atoms with van der Waals surface area (Å²) in [4.78, 5) is 4.20. The standard InChI is InChI=1S/C18H19N3O2S.2ClH/c1-14-8-17(12-20-10-14)24(22,23)21-13-15(11-19-2)9-18(21)16-6-4-3-5-7-16;;/h3-10,12-13,19H,11H2,1-2H3;2*1H. The van der Waals surface area contributed by atoms with Crippen LogP contribution in [0.2, 0.25) is 0 Å². The van der Waals surface area contributed by atoms with Crippen molar-refractivity contribution >= 4 is 34.8 Å². The molecule has 0 amide bonds. The number of nitrogens with one attached hydrogen (secondary N) is 1. The summed E-state index contributed by atoms with van der Waals surface area (Å²) >= 11 is 0. The maximum atomic E-state index is 13.1. The van der Waals surface area contributed by atoms with Gasteiger partial charge in [0, 0.05) is 25.1 Å². The Morgan fingerprint density at radius 2 is 1.77 bits per heavy atom. The smallest absolute Gasteiger partial charge is 0.269 e. The molecule has 3 aromatic rings. The maximum Gasteiger partial charge on any atom is 0.269 e. The third-order valence-corrected chi connectivity index (χ3v) is 5.34. The minimum Gasteiger partial charge on any atom is -0.316 e. The zero-order chi connectivity index (χ0) is 17.2. The first-order valence-corrected chi connectivity index (χ1v) is 9.05. The van der Waals surface area contributed by atoms with Crippen molar-refractivity contribution in [2.75, 3.05) is 7.05 Å². The minimum absolute atomic E-state index is 0. The molecule has 2 heterocycles. The summed E-state index contributed by atoms with van der Waals surface area (Å²) in [6, 6.07) is 13.0. The summed E-state index contributed by atoms with van der Waals surface area (Å²) in [6.07, 6.45) is 4.69. The lowest BCUT2D eigenvalue weighted by atomic mass is 10.1. The highest BCUT2D eigenvalue weighted by Gasteiger charge is 2.22. The molecule has 0 aliphatic heterocycles. The van der Waals surface area contributed by atoms with E-state index in [0.717, 1.165) is 16.7 Å². The van der Waals surface area contributed by atoms with Crippen molar-refractivity contribution in [3.63, 3.8) is 0 Å². The van der Waals surface area contributed by atoms with Gasteiger partial charge < -0.3 is 5.32 Å². The van der Waals surface area contributed by atoms with Gasteiger partial charge in [0.25, 0.3) is 10.0 Å². The van der Waals surface area contributed by atoms with Crippen molar-refractivity contribution < 1.29 is 8.42 Å². The second-order valence-electron chi connectivity index (χ2n) is 5.63. The topological polar surface area (TPSA) is 64.0 Å². The summed E-state index contributed by atoms with van der Waals surface area (Å²) in [7, 11) is -1.88. The molecule has 0 saturated carbocycles. The van der Waals surface area contributed by atoms with Crippen LogP contribution >= 0.6 is 24.8 Å². The quantitative estimate of drug-likeness (QED) is 0.692. The predicted octanol–water partition coefficient (Wildman–Crippen LogP) is 3.66. The van der Waals surface area contributed by atoms with Crippen molar-refractivity contribution in [2.45, 2.75) is 18.4 Å². The minimum atomic E-state index is -3.71. The first kappa shape index (κ1) is 22.2. The van der Waals surface area contributed by atoms with E-state index in [4.69, 9.17) is 0 Å². The van der Waals surface area contributed by atoms with E-state index in [1.165, 1.54) is 10.2 Å². The van der Waals surface area contributed by atoms with Gasteiger partial charge in [0.2, 0.25) is 0 Å². The van der Waals surface area contributed by atoms with Crippen LogP contribution in [-0.4, -0.2) is 24.4 Å². The Balaban J connectivity index is 0.00000169. The molecule has 0 radical (unpaired) electrons. The molecule has 2 aromatic heterocycles. The van der Waals surface area contributed by atoms with Gasteiger partial charge in [-0.25, -0.2) is 12.4 Å². The number of halogens is 2. The lowest BCUT2D eigenvalue weighted by Crippen LogP contribution is -2.14. The largest absolute Gasteiger partial charge is 0.316 e. The second kappa shape index (κ2) is 9.19. The van der Waals surface area contributed by atoms with E-state index in [2.05, 4.69) is 10.3 Å². The Bertz CT molecular complexity index is 958. The number of aromatic nitrogens is 2. The number of aryl methyl sites for hydroxylation is 1. The number of hydrogen-bond donors (Lipinski definition) is 1. The highest BCUT2D eigenvalue weighted by molar-refractivity contribution is 7.90. The van der Waals surface area contributed by atoms with Gasteiger partial charge in [-0.15, -0.1) is 24.8 Å². The Morgan fingerprint density at radius 3 is 2.38 bits per heavy atom. The average molecular weight is 414 g/mol. The molecule has 0 fully saturated rings. The summed E-state index contributed by atoms with van der Waals surface area (Å²) in [5, 5.41) is 3.06. The molecular weight excluding hydrogens is 393 g/mol. The van der Waals surface area contributed by atoms with Crippen molar-refractivity contribution in [3.8, 4) is 11.3 Å². The molecule has 0 saturated heterocycles.